The third kappa shape index (κ3) is 3.34. The van der Waals surface area contributed by atoms with Crippen LogP contribution in [0.5, 0.6) is 11.5 Å². The summed E-state index contributed by atoms with van der Waals surface area (Å²) >= 11 is 0. The maximum Gasteiger partial charge on any atom is 0.270 e. The van der Waals surface area contributed by atoms with Crippen LogP contribution >= 0.6 is 0 Å². The fraction of sp³-hybridized carbons (Fsp3) is 0.240. The van der Waals surface area contributed by atoms with Crippen LogP contribution in [-0.2, 0) is 11.2 Å². The lowest BCUT2D eigenvalue weighted by molar-refractivity contribution is -0.107. The summed E-state index contributed by atoms with van der Waals surface area (Å²) in [4.78, 5) is 38.9. The molecule has 2 amide bonds. The molecule has 0 saturated carbocycles. The van der Waals surface area contributed by atoms with Crippen molar-refractivity contribution in [1.82, 2.24) is 0 Å². The SMILES string of the molecule is CCC(C)Oc1c2c(c(OC)c3ccccc13)C(=O)N(c1ccc(CC=O)cc1)C2=O. The minimum Gasteiger partial charge on any atom is -0.495 e. The smallest absolute Gasteiger partial charge is 0.270 e. The highest BCUT2D eigenvalue weighted by Gasteiger charge is 2.43. The molecular formula is C25H23NO5. The van der Waals surface area contributed by atoms with Crippen molar-refractivity contribution in [3.63, 3.8) is 0 Å². The number of aldehydes is 1. The molecule has 0 aromatic heterocycles. The second-order valence-electron chi connectivity index (χ2n) is 7.48. The molecule has 3 aromatic carbocycles. The van der Waals surface area contributed by atoms with E-state index in [0.717, 1.165) is 28.6 Å². The van der Waals surface area contributed by atoms with Crippen LogP contribution in [0.4, 0.5) is 5.69 Å². The van der Waals surface area contributed by atoms with Crippen LogP contribution in [0, 0.1) is 0 Å². The van der Waals surface area contributed by atoms with Crippen molar-refractivity contribution in [2.75, 3.05) is 12.0 Å². The Balaban J connectivity index is 1.93. The number of nitrogens with zero attached hydrogens (tertiary/aromatic N) is 1. The van der Waals surface area contributed by atoms with Crippen molar-refractivity contribution in [2.24, 2.45) is 0 Å². The van der Waals surface area contributed by atoms with E-state index in [1.54, 1.807) is 24.3 Å². The minimum absolute atomic E-state index is 0.138. The molecule has 3 aromatic rings. The van der Waals surface area contributed by atoms with Crippen molar-refractivity contribution in [3.05, 3.63) is 65.2 Å². The summed E-state index contributed by atoms with van der Waals surface area (Å²) in [5, 5.41) is 1.44. The van der Waals surface area contributed by atoms with Crippen molar-refractivity contribution >= 4 is 34.6 Å². The number of rotatable bonds is 7. The van der Waals surface area contributed by atoms with E-state index in [1.807, 2.05) is 38.1 Å². The van der Waals surface area contributed by atoms with Gasteiger partial charge in [-0.2, -0.15) is 0 Å². The van der Waals surface area contributed by atoms with Gasteiger partial charge >= 0.3 is 0 Å². The van der Waals surface area contributed by atoms with Crippen LogP contribution in [0.1, 0.15) is 46.5 Å². The lowest BCUT2D eigenvalue weighted by Crippen LogP contribution is -2.29. The molecule has 0 fully saturated rings. The van der Waals surface area contributed by atoms with Gasteiger partial charge in [-0.25, -0.2) is 4.90 Å². The number of fused-ring (bicyclic) bond motifs is 2. The van der Waals surface area contributed by atoms with E-state index in [-0.39, 0.29) is 23.7 Å². The van der Waals surface area contributed by atoms with E-state index in [2.05, 4.69) is 0 Å². The summed E-state index contributed by atoms with van der Waals surface area (Å²) in [5.41, 5.74) is 1.67. The molecule has 0 bridgehead atoms. The highest BCUT2D eigenvalue weighted by Crippen LogP contribution is 2.46. The normalized spacial score (nSPS) is 14.0. The number of hydrogen-bond acceptors (Lipinski definition) is 5. The molecule has 0 aliphatic carbocycles. The summed E-state index contributed by atoms with van der Waals surface area (Å²) in [7, 11) is 1.49. The van der Waals surface area contributed by atoms with E-state index in [4.69, 9.17) is 9.47 Å². The lowest BCUT2D eigenvalue weighted by Gasteiger charge is -2.19. The molecule has 6 heteroatoms. The summed E-state index contributed by atoms with van der Waals surface area (Å²) in [6.07, 6.45) is 1.69. The average Bonchev–Trinajstić information content (AvgIpc) is 3.05. The van der Waals surface area contributed by atoms with Crippen LogP contribution in [0.25, 0.3) is 10.8 Å². The second-order valence-corrected chi connectivity index (χ2v) is 7.48. The molecule has 31 heavy (non-hydrogen) atoms. The first kappa shape index (κ1) is 20.6. The highest BCUT2D eigenvalue weighted by atomic mass is 16.5. The molecule has 0 radical (unpaired) electrons. The topological polar surface area (TPSA) is 72.9 Å². The monoisotopic (exact) mass is 417 g/mol. The first-order valence-electron chi connectivity index (χ1n) is 10.2. The van der Waals surface area contributed by atoms with Gasteiger partial charge in [0.05, 0.1) is 30.0 Å². The van der Waals surface area contributed by atoms with E-state index < -0.39 is 11.8 Å². The Hall–Kier alpha value is -3.67. The molecule has 4 rings (SSSR count). The summed E-state index contributed by atoms with van der Waals surface area (Å²) < 4.78 is 11.8. The molecular weight excluding hydrogens is 394 g/mol. The number of amides is 2. The summed E-state index contributed by atoms with van der Waals surface area (Å²) in [5.74, 6) is -0.148. The Morgan fingerprint density at radius 3 is 2.06 bits per heavy atom. The van der Waals surface area contributed by atoms with Crippen LogP contribution < -0.4 is 14.4 Å². The molecule has 1 aliphatic rings. The second kappa shape index (κ2) is 8.22. The molecule has 158 valence electrons. The van der Waals surface area contributed by atoms with Crippen LogP contribution in [-0.4, -0.2) is 31.3 Å². The third-order valence-corrected chi connectivity index (χ3v) is 5.57. The zero-order chi connectivity index (χ0) is 22.1. The first-order valence-corrected chi connectivity index (χ1v) is 10.2. The minimum atomic E-state index is -0.459. The number of imide groups is 1. The van der Waals surface area contributed by atoms with E-state index in [9.17, 15) is 14.4 Å². The Kier molecular flexibility index (Phi) is 5.46. The number of methoxy groups -OCH3 is 1. The Bertz CT molecular complexity index is 1180. The largest absolute Gasteiger partial charge is 0.495 e. The predicted octanol–water partition coefficient (Wildman–Crippen LogP) is 4.57. The molecule has 0 saturated heterocycles. The molecule has 1 aliphatic heterocycles. The van der Waals surface area contributed by atoms with E-state index >= 15 is 0 Å². The third-order valence-electron chi connectivity index (χ3n) is 5.57. The summed E-state index contributed by atoms with van der Waals surface area (Å²) in [6, 6.07) is 14.2. The number of carbonyl (C=O) groups excluding carboxylic acids is 3. The van der Waals surface area contributed by atoms with Crippen LogP contribution in [0.3, 0.4) is 0 Å². The van der Waals surface area contributed by atoms with Gasteiger partial charge in [-0.15, -0.1) is 0 Å². The fourth-order valence-corrected chi connectivity index (χ4v) is 3.83. The lowest BCUT2D eigenvalue weighted by atomic mass is 9.98. The van der Waals surface area contributed by atoms with Gasteiger partial charge in [0.25, 0.3) is 11.8 Å². The zero-order valence-electron chi connectivity index (χ0n) is 17.7. The molecule has 6 nitrogen and oxygen atoms in total. The molecule has 1 heterocycles. The number of anilines is 1. The summed E-state index contributed by atoms with van der Waals surface area (Å²) in [6.45, 7) is 3.92. The fourth-order valence-electron chi connectivity index (χ4n) is 3.83. The molecule has 1 unspecified atom stereocenters. The van der Waals surface area contributed by atoms with Crippen LogP contribution in [0.15, 0.2) is 48.5 Å². The van der Waals surface area contributed by atoms with E-state index in [1.165, 1.54) is 7.11 Å². The van der Waals surface area contributed by atoms with Gasteiger partial charge in [0, 0.05) is 17.2 Å². The Morgan fingerprint density at radius 1 is 0.935 bits per heavy atom. The van der Waals surface area contributed by atoms with Crippen molar-refractivity contribution < 1.29 is 23.9 Å². The van der Waals surface area contributed by atoms with Gasteiger partial charge in [0.1, 0.15) is 17.8 Å². The van der Waals surface area contributed by atoms with Crippen LogP contribution in [0.2, 0.25) is 0 Å². The molecule has 0 spiro atoms. The predicted molar refractivity (Wildman–Crippen MR) is 118 cm³/mol. The maximum absolute atomic E-state index is 13.5. The number of ether oxygens (including phenoxy) is 2. The quantitative estimate of drug-likeness (QED) is 0.416. The number of benzene rings is 3. The number of hydrogen-bond donors (Lipinski definition) is 0. The van der Waals surface area contributed by atoms with Gasteiger partial charge in [0.2, 0.25) is 0 Å². The Labute approximate surface area is 180 Å². The van der Waals surface area contributed by atoms with Crippen molar-refractivity contribution in [3.8, 4) is 11.5 Å². The zero-order valence-corrected chi connectivity index (χ0v) is 17.7. The van der Waals surface area contributed by atoms with Gasteiger partial charge in [0.15, 0.2) is 0 Å². The standard InChI is InChI=1S/C25H23NO5/c1-4-15(2)31-23-19-8-6-5-7-18(19)22(30-3)20-21(23)25(29)26(24(20)28)17-11-9-16(10-12-17)13-14-27/h5-12,14-15H,4,13H2,1-3H3. The molecule has 0 N–H and O–H groups in total. The van der Waals surface area contributed by atoms with Crippen molar-refractivity contribution in [2.45, 2.75) is 32.8 Å². The van der Waals surface area contributed by atoms with E-state index in [0.29, 0.717) is 22.6 Å². The van der Waals surface area contributed by atoms with Gasteiger partial charge < -0.3 is 14.3 Å². The number of carbonyl (C=O) groups is 3. The maximum atomic E-state index is 13.5. The Morgan fingerprint density at radius 2 is 1.52 bits per heavy atom. The van der Waals surface area contributed by atoms with Gasteiger partial charge in [-0.1, -0.05) is 43.3 Å². The van der Waals surface area contributed by atoms with Gasteiger partial charge in [-0.05, 0) is 31.0 Å². The highest BCUT2D eigenvalue weighted by molar-refractivity contribution is 6.38. The van der Waals surface area contributed by atoms with Gasteiger partial charge in [-0.3, -0.25) is 9.59 Å². The first-order chi connectivity index (χ1) is 15.0. The average molecular weight is 417 g/mol. The molecule has 1 atom stereocenters. The van der Waals surface area contributed by atoms with Crippen molar-refractivity contribution in [1.29, 1.82) is 0 Å².